The fraction of sp³-hybridized carbons (Fsp3) is 0.235. The Labute approximate surface area is 132 Å². The highest BCUT2D eigenvalue weighted by molar-refractivity contribution is 5.97. The Balaban J connectivity index is 1.80. The van der Waals surface area contributed by atoms with Crippen molar-refractivity contribution in [1.82, 2.24) is 9.55 Å². The summed E-state index contributed by atoms with van der Waals surface area (Å²) in [5.41, 5.74) is 2.12. The molecule has 1 atom stereocenters. The van der Waals surface area contributed by atoms with E-state index in [0.717, 1.165) is 0 Å². The molecular formula is C17H16N2O4. The van der Waals surface area contributed by atoms with Crippen LogP contribution < -0.4 is 0 Å². The van der Waals surface area contributed by atoms with Crippen LogP contribution in [0.2, 0.25) is 0 Å². The molecule has 0 N–H and O–H groups in total. The van der Waals surface area contributed by atoms with Crippen LogP contribution in [0.1, 0.15) is 46.7 Å². The normalized spacial score (nSPS) is 12.3. The van der Waals surface area contributed by atoms with Crippen LogP contribution in [0.3, 0.4) is 0 Å². The topological polar surface area (TPSA) is 74.3 Å². The smallest absolute Gasteiger partial charge is 0.355 e. The average Bonchev–Trinajstić information content (AvgIpc) is 3.10. The molecular weight excluding hydrogens is 296 g/mol. The van der Waals surface area contributed by atoms with Crippen LogP contribution in [0.15, 0.2) is 40.9 Å². The number of ketones is 1. The molecule has 118 valence electrons. The van der Waals surface area contributed by atoms with Crippen molar-refractivity contribution in [1.29, 1.82) is 0 Å². The Kier molecular flexibility index (Phi) is 3.73. The van der Waals surface area contributed by atoms with Crippen LogP contribution in [-0.4, -0.2) is 21.3 Å². The molecule has 0 saturated heterocycles. The first-order valence-corrected chi connectivity index (χ1v) is 7.19. The monoisotopic (exact) mass is 312 g/mol. The molecule has 0 bridgehead atoms. The Morgan fingerprint density at radius 3 is 2.70 bits per heavy atom. The number of hydrogen-bond acceptors (Lipinski definition) is 5. The molecule has 6 nitrogen and oxygen atoms in total. The summed E-state index contributed by atoms with van der Waals surface area (Å²) in [4.78, 5) is 28.0. The standard InChI is InChI=1S/C17H16N2O4/c1-10(20)12-8-14(19(3)9-12)17(21)22-11(2)16-18-13-6-4-5-7-15(13)23-16/h4-9,11H,1-3H3/t11-/m1/s1. The number of rotatable bonds is 4. The third-order valence-electron chi connectivity index (χ3n) is 3.56. The van der Waals surface area contributed by atoms with Crippen molar-refractivity contribution in [2.45, 2.75) is 20.0 Å². The minimum absolute atomic E-state index is 0.105. The lowest BCUT2D eigenvalue weighted by molar-refractivity contribution is 0.0271. The fourth-order valence-corrected chi connectivity index (χ4v) is 2.30. The predicted octanol–water partition coefficient (Wildman–Crippen LogP) is 3.29. The van der Waals surface area contributed by atoms with Crippen LogP contribution in [-0.2, 0) is 11.8 Å². The van der Waals surface area contributed by atoms with E-state index in [9.17, 15) is 9.59 Å². The number of hydrogen-bond donors (Lipinski definition) is 0. The van der Waals surface area contributed by atoms with Crippen LogP contribution in [0.4, 0.5) is 0 Å². The van der Waals surface area contributed by atoms with Gasteiger partial charge in [0, 0.05) is 18.8 Å². The zero-order valence-electron chi connectivity index (χ0n) is 13.1. The van der Waals surface area contributed by atoms with Gasteiger partial charge in [-0.2, -0.15) is 0 Å². The van der Waals surface area contributed by atoms with Gasteiger partial charge >= 0.3 is 5.97 Å². The molecule has 0 saturated carbocycles. The Morgan fingerprint density at radius 1 is 1.30 bits per heavy atom. The predicted molar refractivity (Wildman–Crippen MR) is 83.3 cm³/mol. The maximum absolute atomic E-state index is 12.3. The number of ether oxygens (including phenoxy) is 1. The summed E-state index contributed by atoms with van der Waals surface area (Å²) in [5, 5.41) is 0. The van der Waals surface area contributed by atoms with Gasteiger partial charge in [-0.3, -0.25) is 4.79 Å². The lowest BCUT2D eigenvalue weighted by Crippen LogP contribution is -2.12. The number of Topliss-reactive ketones (excluding diaryl/α,β-unsaturated/α-hetero) is 1. The minimum atomic E-state index is -0.634. The number of fused-ring (bicyclic) bond motifs is 1. The maximum Gasteiger partial charge on any atom is 0.355 e. The highest BCUT2D eigenvalue weighted by Gasteiger charge is 2.21. The number of nitrogens with zero attached hydrogens (tertiary/aromatic N) is 2. The molecule has 0 aliphatic rings. The number of aryl methyl sites for hydroxylation is 1. The summed E-state index contributed by atoms with van der Waals surface area (Å²) < 4.78 is 12.6. The Bertz CT molecular complexity index is 858. The van der Waals surface area contributed by atoms with E-state index in [-0.39, 0.29) is 5.78 Å². The molecule has 3 aromatic rings. The first-order valence-electron chi connectivity index (χ1n) is 7.19. The number of para-hydroxylation sites is 2. The number of aromatic nitrogens is 2. The van der Waals surface area contributed by atoms with E-state index in [2.05, 4.69) is 4.98 Å². The van der Waals surface area contributed by atoms with Crippen LogP contribution in [0.25, 0.3) is 11.1 Å². The van der Waals surface area contributed by atoms with Gasteiger partial charge < -0.3 is 13.7 Å². The minimum Gasteiger partial charge on any atom is -0.448 e. The summed E-state index contributed by atoms with van der Waals surface area (Å²) in [6, 6.07) is 8.85. The van der Waals surface area contributed by atoms with E-state index < -0.39 is 12.1 Å². The maximum atomic E-state index is 12.3. The van der Waals surface area contributed by atoms with Gasteiger partial charge in [0.2, 0.25) is 5.89 Å². The first kappa shape index (κ1) is 15.0. The molecule has 23 heavy (non-hydrogen) atoms. The molecule has 2 heterocycles. The fourth-order valence-electron chi connectivity index (χ4n) is 2.30. The third kappa shape index (κ3) is 2.88. The van der Waals surface area contributed by atoms with Crippen molar-refractivity contribution in [3.8, 4) is 0 Å². The van der Waals surface area contributed by atoms with Crippen molar-refractivity contribution in [2.75, 3.05) is 0 Å². The van der Waals surface area contributed by atoms with Gasteiger partial charge in [-0.05, 0) is 32.0 Å². The van der Waals surface area contributed by atoms with Gasteiger partial charge in [0.1, 0.15) is 11.2 Å². The second kappa shape index (κ2) is 5.72. The average molecular weight is 312 g/mol. The van der Waals surface area contributed by atoms with Crippen molar-refractivity contribution in [2.24, 2.45) is 7.05 Å². The number of oxazole rings is 1. The van der Waals surface area contributed by atoms with Crippen molar-refractivity contribution in [3.63, 3.8) is 0 Å². The molecule has 0 amide bonds. The molecule has 0 unspecified atom stereocenters. The van der Waals surface area contributed by atoms with Crippen molar-refractivity contribution < 1.29 is 18.7 Å². The highest BCUT2D eigenvalue weighted by atomic mass is 16.6. The zero-order valence-corrected chi connectivity index (χ0v) is 13.1. The molecule has 0 aliphatic heterocycles. The second-order valence-corrected chi connectivity index (χ2v) is 5.35. The Hall–Kier alpha value is -2.89. The highest BCUT2D eigenvalue weighted by Crippen LogP contribution is 2.23. The van der Waals surface area contributed by atoms with E-state index in [4.69, 9.17) is 9.15 Å². The largest absolute Gasteiger partial charge is 0.448 e. The number of esters is 1. The van der Waals surface area contributed by atoms with Crippen LogP contribution in [0.5, 0.6) is 0 Å². The van der Waals surface area contributed by atoms with Gasteiger partial charge in [0.15, 0.2) is 17.5 Å². The molecule has 6 heteroatoms. The van der Waals surface area contributed by atoms with Gasteiger partial charge in [-0.15, -0.1) is 0 Å². The van der Waals surface area contributed by atoms with E-state index >= 15 is 0 Å². The number of benzene rings is 1. The zero-order chi connectivity index (χ0) is 16.6. The van der Waals surface area contributed by atoms with Crippen LogP contribution >= 0.6 is 0 Å². The van der Waals surface area contributed by atoms with E-state index in [1.165, 1.54) is 13.0 Å². The molecule has 0 spiro atoms. The molecule has 0 aliphatic carbocycles. The lowest BCUT2D eigenvalue weighted by atomic mass is 10.2. The van der Waals surface area contributed by atoms with E-state index in [1.807, 2.05) is 18.2 Å². The molecule has 0 fully saturated rings. The first-order chi connectivity index (χ1) is 11.0. The van der Waals surface area contributed by atoms with Crippen LogP contribution in [0, 0.1) is 0 Å². The molecule has 1 aromatic carbocycles. The van der Waals surface area contributed by atoms with Gasteiger partial charge in [-0.1, -0.05) is 12.1 Å². The SMILES string of the molecule is CC(=O)c1cc(C(=O)O[C@H](C)c2nc3ccccc3o2)n(C)c1. The van der Waals surface area contributed by atoms with Gasteiger partial charge in [-0.25, -0.2) is 9.78 Å². The molecule has 0 radical (unpaired) electrons. The summed E-state index contributed by atoms with van der Waals surface area (Å²) >= 11 is 0. The van der Waals surface area contributed by atoms with Crippen molar-refractivity contribution >= 4 is 22.9 Å². The third-order valence-corrected chi connectivity index (χ3v) is 3.56. The number of carbonyl (C=O) groups excluding carboxylic acids is 2. The van der Waals surface area contributed by atoms with E-state index in [0.29, 0.717) is 28.2 Å². The second-order valence-electron chi connectivity index (χ2n) is 5.35. The van der Waals surface area contributed by atoms with Gasteiger partial charge in [0.05, 0.1) is 0 Å². The lowest BCUT2D eigenvalue weighted by Gasteiger charge is -2.09. The summed E-state index contributed by atoms with van der Waals surface area (Å²) in [6.45, 7) is 3.14. The molecule has 2 aromatic heterocycles. The Morgan fingerprint density at radius 2 is 2.04 bits per heavy atom. The number of carbonyl (C=O) groups is 2. The van der Waals surface area contributed by atoms with Gasteiger partial charge in [0.25, 0.3) is 0 Å². The summed E-state index contributed by atoms with van der Waals surface area (Å²) in [5.74, 6) is -0.304. The summed E-state index contributed by atoms with van der Waals surface area (Å²) in [6.07, 6.45) is 0.967. The van der Waals surface area contributed by atoms with E-state index in [1.54, 1.807) is 30.8 Å². The molecule has 3 rings (SSSR count). The summed E-state index contributed by atoms with van der Waals surface area (Å²) in [7, 11) is 1.69. The quantitative estimate of drug-likeness (QED) is 0.546. The van der Waals surface area contributed by atoms with Crippen molar-refractivity contribution in [3.05, 3.63) is 53.7 Å².